The molecule has 0 spiro atoms. The average Bonchev–Trinajstić information content (AvgIpc) is 3.47. The van der Waals surface area contributed by atoms with Crippen molar-refractivity contribution in [2.45, 2.75) is 25.4 Å². The second-order valence-corrected chi connectivity index (χ2v) is 7.35. The van der Waals surface area contributed by atoms with Crippen LogP contribution in [0.25, 0.3) is 11.4 Å². The summed E-state index contributed by atoms with van der Waals surface area (Å²) in [5, 5.41) is 15.7. The van der Waals surface area contributed by atoms with Gasteiger partial charge in [-0.1, -0.05) is 42.5 Å². The highest BCUT2D eigenvalue weighted by Crippen LogP contribution is 2.24. The number of aromatic nitrogens is 6. The third-order valence-corrected chi connectivity index (χ3v) is 5.10. The van der Waals surface area contributed by atoms with Gasteiger partial charge in [0.2, 0.25) is 11.7 Å². The number of benzene rings is 2. The minimum Gasteiger partial charge on any atom is -0.497 e. The Kier molecular flexibility index (Phi) is 6.54. The Hall–Kier alpha value is -4.01. The van der Waals surface area contributed by atoms with Crippen LogP contribution in [-0.2, 0) is 18.4 Å². The molecular weight excluding hydrogens is 406 g/mol. The topological polar surface area (TPSA) is 99.8 Å². The third-order valence-electron chi connectivity index (χ3n) is 5.10. The maximum absolute atomic E-state index is 12.8. The van der Waals surface area contributed by atoms with Crippen molar-refractivity contribution in [1.82, 2.24) is 35.1 Å². The number of nitrogens with one attached hydrogen (secondary N) is 1. The highest BCUT2D eigenvalue weighted by atomic mass is 16.5. The molecule has 4 rings (SSSR count). The molecule has 2 aromatic heterocycles. The van der Waals surface area contributed by atoms with Gasteiger partial charge in [0.25, 0.3) is 0 Å². The van der Waals surface area contributed by atoms with E-state index in [2.05, 4.69) is 25.7 Å². The van der Waals surface area contributed by atoms with Gasteiger partial charge in [-0.05, 0) is 29.3 Å². The molecule has 4 aromatic rings. The number of rotatable bonds is 9. The minimum atomic E-state index is -0.383. The first kappa shape index (κ1) is 21.2. The number of methoxy groups -OCH3 is 1. The SMILES string of the molecule is COc1cccc(C(NC(=O)CCCn2nnc(-c3ccccc3)n2)c2nccn2C)c1. The summed E-state index contributed by atoms with van der Waals surface area (Å²) >= 11 is 0. The molecule has 2 heterocycles. The first-order valence-corrected chi connectivity index (χ1v) is 10.4. The lowest BCUT2D eigenvalue weighted by Gasteiger charge is -2.19. The van der Waals surface area contributed by atoms with E-state index < -0.39 is 0 Å². The zero-order valence-corrected chi connectivity index (χ0v) is 18.0. The molecule has 9 heteroatoms. The Labute approximate surface area is 186 Å². The Morgan fingerprint density at radius 3 is 2.75 bits per heavy atom. The van der Waals surface area contributed by atoms with Gasteiger partial charge in [0.05, 0.1) is 13.7 Å². The van der Waals surface area contributed by atoms with Gasteiger partial charge < -0.3 is 14.6 Å². The zero-order valence-electron chi connectivity index (χ0n) is 18.0. The third kappa shape index (κ3) is 5.00. The largest absolute Gasteiger partial charge is 0.497 e. The number of carbonyl (C=O) groups is 1. The van der Waals surface area contributed by atoms with Crippen LogP contribution in [0.4, 0.5) is 0 Å². The van der Waals surface area contributed by atoms with Crippen LogP contribution in [0.3, 0.4) is 0 Å². The van der Waals surface area contributed by atoms with Crippen LogP contribution in [0.2, 0.25) is 0 Å². The fraction of sp³-hybridized carbons (Fsp3) is 0.261. The van der Waals surface area contributed by atoms with E-state index in [-0.39, 0.29) is 11.9 Å². The van der Waals surface area contributed by atoms with E-state index in [0.717, 1.165) is 22.7 Å². The van der Waals surface area contributed by atoms with Gasteiger partial charge in [-0.2, -0.15) is 4.80 Å². The van der Waals surface area contributed by atoms with Crippen LogP contribution in [0.15, 0.2) is 67.0 Å². The van der Waals surface area contributed by atoms with Crippen LogP contribution >= 0.6 is 0 Å². The quantitative estimate of drug-likeness (QED) is 0.437. The molecule has 0 saturated carbocycles. The number of hydrogen-bond acceptors (Lipinski definition) is 6. The number of amides is 1. The average molecular weight is 432 g/mol. The predicted octanol–water partition coefficient (Wildman–Crippen LogP) is 2.77. The second-order valence-electron chi connectivity index (χ2n) is 7.35. The molecule has 1 atom stereocenters. The predicted molar refractivity (Wildman–Crippen MR) is 119 cm³/mol. The molecule has 0 aliphatic rings. The molecule has 0 radical (unpaired) electrons. The van der Waals surface area contributed by atoms with Gasteiger partial charge in [0.1, 0.15) is 17.6 Å². The van der Waals surface area contributed by atoms with E-state index in [4.69, 9.17) is 4.74 Å². The minimum absolute atomic E-state index is 0.0794. The van der Waals surface area contributed by atoms with E-state index in [1.54, 1.807) is 13.3 Å². The van der Waals surface area contributed by atoms with Crippen molar-refractivity contribution in [3.05, 3.63) is 78.4 Å². The molecule has 2 aromatic carbocycles. The lowest BCUT2D eigenvalue weighted by molar-refractivity contribution is -0.121. The van der Waals surface area contributed by atoms with Crippen LogP contribution < -0.4 is 10.1 Å². The fourth-order valence-electron chi connectivity index (χ4n) is 3.43. The Morgan fingerprint density at radius 1 is 1.16 bits per heavy atom. The zero-order chi connectivity index (χ0) is 22.3. The van der Waals surface area contributed by atoms with Crippen LogP contribution in [0.1, 0.15) is 30.3 Å². The maximum Gasteiger partial charge on any atom is 0.220 e. The lowest BCUT2D eigenvalue weighted by atomic mass is 10.1. The molecular formula is C23H25N7O2. The smallest absolute Gasteiger partial charge is 0.220 e. The molecule has 0 fully saturated rings. The summed E-state index contributed by atoms with van der Waals surface area (Å²) in [4.78, 5) is 18.7. The number of tetrazole rings is 1. The van der Waals surface area contributed by atoms with Gasteiger partial charge in [-0.15, -0.1) is 10.2 Å². The Balaban J connectivity index is 1.39. The summed E-state index contributed by atoms with van der Waals surface area (Å²) in [6.45, 7) is 0.499. The summed E-state index contributed by atoms with van der Waals surface area (Å²) in [6, 6.07) is 16.9. The van der Waals surface area contributed by atoms with E-state index >= 15 is 0 Å². The van der Waals surface area contributed by atoms with Crippen molar-refractivity contribution in [2.24, 2.45) is 7.05 Å². The molecule has 0 aliphatic heterocycles. The fourth-order valence-corrected chi connectivity index (χ4v) is 3.43. The van der Waals surface area contributed by atoms with Gasteiger partial charge in [0.15, 0.2) is 0 Å². The molecule has 0 saturated heterocycles. The van der Waals surface area contributed by atoms with E-state index in [1.807, 2.05) is 72.4 Å². The van der Waals surface area contributed by atoms with Crippen LogP contribution in [0, 0.1) is 0 Å². The standard InChI is InChI=1S/C23H25N7O2/c1-29-15-13-24-23(29)21(18-10-6-11-19(16-18)32-2)25-20(31)12-7-14-30-27-22(26-28-30)17-8-4-3-5-9-17/h3-6,8-11,13,15-16,21H,7,12,14H2,1-2H3,(H,25,31). The number of imidazole rings is 1. The van der Waals surface area contributed by atoms with E-state index in [0.29, 0.717) is 25.2 Å². The molecule has 9 nitrogen and oxygen atoms in total. The summed E-state index contributed by atoms with van der Waals surface area (Å²) in [5.41, 5.74) is 1.81. The van der Waals surface area contributed by atoms with Gasteiger partial charge in [-0.25, -0.2) is 4.98 Å². The molecule has 0 aliphatic carbocycles. The summed E-state index contributed by atoms with van der Waals surface area (Å²) in [5.74, 6) is 1.96. The molecule has 164 valence electrons. The monoisotopic (exact) mass is 431 g/mol. The van der Waals surface area contributed by atoms with Crippen molar-refractivity contribution in [3.8, 4) is 17.1 Å². The molecule has 0 bridgehead atoms. The van der Waals surface area contributed by atoms with Gasteiger partial charge >= 0.3 is 0 Å². The summed E-state index contributed by atoms with van der Waals surface area (Å²) in [7, 11) is 3.53. The number of carbonyl (C=O) groups excluding carboxylic acids is 1. The summed E-state index contributed by atoms with van der Waals surface area (Å²) in [6.07, 6.45) is 4.49. The van der Waals surface area contributed by atoms with E-state index in [9.17, 15) is 4.79 Å². The normalized spacial score (nSPS) is 11.8. The van der Waals surface area contributed by atoms with Gasteiger partial charge in [0, 0.05) is 31.4 Å². The second kappa shape index (κ2) is 9.86. The maximum atomic E-state index is 12.8. The molecule has 1 unspecified atom stereocenters. The van der Waals surface area contributed by atoms with Crippen LogP contribution in [-0.4, -0.2) is 42.8 Å². The number of nitrogens with zero attached hydrogens (tertiary/aromatic N) is 6. The molecule has 1 amide bonds. The Morgan fingerprint density at radius 2 is 2.00 bits per heavy atom. The van der Waals surface area contributed by atoms with Crippen molar-refractivity contribution in [2.75, 3.05) is 7.11 Å². The highest BCUT2D eigenvalue weighted by Gasteiger charge is 2.21. The lowest BCUT2D eigenvalue weighted by Crippen LogP contribution is -2.31. The molecule has 32 heavy (non-hydrogen) atoms. The Bertz CT molecular complexity index is 1170. The van der Waals surface area contributed by atoms with Crippen LogP contribution in [0.5, 0.6) is 5.75 Å². The first-order chi connectivity index (χ1) is 15.6. The van der Waals surface area contributed by atoms with Crippen molar-refractivity contribution >= 4 is 5.91 Å². The van der Waals surface area contributed by atoms with Crippen molar-refractivity contribution in [3.63, 3.8) is 0 Å². The first-order valence-electron chi connectivity index (χ1n) is 10.4. The molecule has 1 N–H and O–H groups in total. The van der Waals surface area contributed by atoms with Crippen molar-refractivity contribution < 1.29 is 9.53 Å². The number of aryl methyl sites for hydroxylation is 2. The highest BCUT2D eigenvalue weighted by molar-refractivity contribution is 5.76. The number of ether oxygens (including phenoxy) is 1. The number of hydrogen-bond donors (Lipinski definition) is 1. The summed E-state index contributed by atoms with van der Waals surface area (Å²) < 4.78 is 7.24. The van der Waals surface area contributed by atoms with Gasteiger partial charge in [-0.3, -0.25) is 4.79 Å². The van der Waals surface area contributed by atoms with Crippen molar-refractivity contribution in [1.29, 1.82) is 0 Å². The van der Waals surface area contributed by atoms with E-state index in [1.165, 1.54) is 4.80 Å².